The Balaban J connectivity index is 1.67. The fourth-order valence-corrected chi connectivity index (χ4v) is 3.38. The van der Waals surface area contributed by atoms with Gasteiger partial charge in [0.2, 0.25) is 11.8 Å². The highest BCUT2D eigenvalue weighted by Gasteiger charge is 2.27. The Morgan fingerprint density at radius 2 is 1.71 bits per heavy atom. The summed E-state index contributed by atoms with van der Waals surface area (Å²) in [6.45, 7) is 0.997. The van der Waals surface area contributed by atoms with E-state index in [1.165, 1.54) is 7.11 Å². The van der Waals surface area contributed by atoms with Crippen molar-refractivity contribution in [2.75, 3.05) is 20.2 Å². The lowest BCUT2D eigenvalue weighted by atomic mass is 10.1. The summed E-state index contributed by atoms with van der Waals surface area (Å²) in [5, 5.41) is 8.39. The third-order valence-electron chi connectivity index (χ3n) is 5.56. The number of amides is 3. The molecule has 1 atom stereocenters. The number of benzene rings is 1. The monoisotopic (exact) mass is 475 g/mol. The van der Waals surface area contributed by atoms with Crippen molar-refractivity contribution in [3.8, 4) is 0 Å². The number of nitrogens with one attached hydrogen (secondary N) is 3. The molecule has 0 aliphatic heterocycles. The number of ether oxygens (including phenoxy) is 2. The minimum atomic E-state index is -0.650. The van der Waals surface area contributed by atoms with Gasteiger partial charge in [-0.25, -0.2) is 4.79 Å². The fraction of sp³-hybridized carbons (Fsp3) is 0.600. The number of carbonyl (C=O) groups excluding carboxylic acids is 4. The zero-order chi connectivity index (χ0) is 24.6. The largest absolute Gasteiger partial charge is 0.469 e. The van der Waals surface area contributed by atoms with E-state index >= 15 is 0 Å². The van der Waals surface area contributed by atoms with Crippen LogP contribution in [0.1, 0.15) is 63.4 Å². The second kappa shape index (κ2) is 15.7. The Kier molecular flexibility index (Phi) is 12.5. The third-order valence-corrected chi connectivity index (χ3v) is 5.56. The summed E-state index contributed by atoms with van der Waals surface area (Å²) in [5.74, 6) is -0.153. The Morgan fingerprint density at radius 1 is 0.971 bits per heavy atom. The number of hydrogen-bond donors (Lipinski definition) is 3. The van der Waals surface area contributed by atoms with Crippen molar-refractivity contribution in [3.63, 3.8) is 0 Å². The molecule has 0 heterocycles. The van der Waals surface area contributed by atoms with Gasteiger partial charge in [0, 0.05) is 25.9 Å². The molecule has 9 nitrogen and oxygen atoms in total. The van der Waals surface area contributed by atoms with Crippen molar-refractivity contribution < 1.29 is 28.7 Å². The van der Waals surface area contributed by atoms with E-state index in [-0.39, 0.29) is 24.4 Å². The number of alkyl carbamates (subject to hydrolysis) is 1. The molecule has 3 amide bonds. The molecule has 188 valence electrons. The zero-order valence-electron chi connectivity index (χ0n) is 20.0. The first kappa shape index (κ1) is 27.1. The van der Waals surface area contributed by atoms with Crippen LogP contribution in [0.25, 0.3) is 0 Å². The average molecular weight is 476 g/mol. The van der Waals surface area contributed by atoms with Crippen LogP contribution in [0.15, 0.2) is 30.3 Å². The van der Waals surface area contributed by atoms with E-state index in [1.807, 2.05) is 30.3 Å². The zero-order valence-corrected chi connectivity index (χ0v) is 20.0. The highest BCUT2D eigenvalue weighted by Crippen LogP contribution is 2.32. The van der Waals surface area contributed by atoms with Gasteiger partial charge in [-0.15, -0.1) is 0 Å². The molecule has 9 heteroatoms. The minimum Gasteiger partial charge on any atom is -0.469 e. The molecule has 34 heavy (non-hydrogen) atoms. The van der Waals surface area contributed by atoms with Crippen molar-refractivity contribution in [2.45, 2.75) is 70.4 Å². The number of carbonyl (C=O) groups is 4. The summed E-state index contributed by atoms with van der Waals surface area (Å²) in [5.41, 5.74) is 0.901. The van der Waals surface area contributed by atoms with Gasteiger partial charge in [-0.3, -0.25) is 14.4 Å². The first-order chi connectivity index (χ1) is 16.5. The molecule has 0 unspecified atom stereocenters. The minimum absolute atomic E-state index is 0.115. The van der Waals surface area contributed by atoms with E-state index in [4.69, 9.17) is 4.74 Å². The summed E-state index contributed by atoms with van der Waals surface area (Å²) in [6.07, 6.45) is 5.57. The molecule has 3 N–H and O–H groups in total. The van der Waals surface area contributed by atoms with Crippen molar-refractivity contribution in [2.24, 2.45) is 5.92 Å². The average Bonchev–Trinajstić information content (AvgIpc) is 3.66. The molecular formula is C25H37N3O6. The van der Waals surface area contributed by atoms with Gasteiger partial charge >= 0.3 is 12.1 Å². The predicted molar refractivity (Wildman–Crippen MR) is 127 cm³/mol. The summed E-state index contributed by atoms with van der Waals surface area (Å²) in [4.78, 5) is 47.9. The number of rotatable bonds is 16. The maximum absolute atomic E-state index is 12.6. The van der Waals surface area contributed by atoms with E-state index in [0.717, 1.165) is 31.2 Å². The molecule has 1 fully saturated rings. The molecule has 0 saturated heterocycles. The maximum Gasteiger partial charge on any atom is 0.407 e. The first-order valence-electron chi connectivity index (χ1n) is 12.1. The van der Waals surface area contributed by atoms with Gasteiger partial charge in [0.1, 0.15) is 12.6 Å². The highest BCUT2D eigenvalue weighted by molar-refractivity contribution is 5.87. The Morgan fingerprint density at radius 3 is 2.41 bits per heavy atom. The van der Waals surface area contributed by atoms with Crippen LogP contribution < -0.4 is 16.0 Å². The summed E-state index contributed by atoms with van der Waals surface area (Å²) in [7, 11) is 1.36. The van der Waals surface area contributed by atoms with Gasteiger partial charge in [-0.1, -0.05) is 36.8 Å². The van der Waals surface area contributed by atoms with E-state index in [9.17, 15) is 19.2 Å². The molecular weight excluding hydrogens is 438 g/mol. The van der Waals surface area contributed by atoms with E-state index in [1.54, 1.807) is 0 Å². The summed E-state index contributed by atoms with van der Waals surface area (Å²) in [6, 6.07) is 8.75. The fourth-order valence-electron chi connectivity index (χ4n) is 3.38. The van der Waals surface area contributed by atoms with Gasteiger partial charge in [-0.2, -0.15) is 0 Å². The molecule has 0 spiro atoms. The second-order valence-corrected chi connectivity index (χ2v) is 8.58. The van der Waals surface area contributed by atoms with Crippen molar-refractivity contribution in [3.05, 3.63) is 35.9 Å². The van der Waals surface area contributed by atoms with Gasteiger partial charge in [0.25, 0.3) is 0 Å². The number of unbranched alkanes of at least 4 members (excludes halogenated alkanes) is 2. The Labute approximate surface area is 201 Å². The topological polar surface area (TPSA) is 123 Å². The number of methoxy groups -OCH3 is 1. The quantitative estimate of drug-likeness (QED) is 0.250. The van der Waals surface area contributed by atoms with E-state index < -0.39 is 12.1 Å². The van der Waals surface area contributed by atoms with Crippen LogP contribution in [0.4, 0.5) is 4.79 Å². The Bertz CT molecular complexity index is 782. The smallest absolute Gasteiger partial charge is 0.407 e. The standard InChI is InChI=1S/C25H37N3O6/c1-33-23(30)12-6-3-7-15-26-24(31)21(28-22(29)17-19-13-14-19)11-8-16-27-25(32)34-18-20-9-4-2-5-10-20/h2,4-5,9-10,19,21H,3,6-8,11-18H2,1H3,(H,26,31)(H,27,32)(H,28,29)/t21-/m0/s1. The molecule has 2 rings (SSSR count). The molecule has 1 aromatic rings. The summed E-state index contributed by atoms with van der Waals surface area (Å²) >= 11 is 0. The number of hydrogen-bond acceptors (Lipinski definition) is 6. The molecule has 1 aromatic carbocycles. The van der Waals surface area contributed by atoms with Crippen LogP contribution in [-0.2, 0) is 30.5 Å². The van der Waals surface area contributed by atoms with Crippen molar-refractivity contribution >= 4 is 23.9 Å². The van der Waals surface area contributed by atoms with Crippen LogP contribution in [0, 0.1) is 5.92 Å². The molecule has 0 bridgehead atoms. The lowest BCUT2D eigenvalue weighted by Gasteiger charge is -2.19. The van der Waals surface area contributed by atoms with E-state index in [0.29, 0.717) is 51.1 Å². The van der Waals surface area contributed by atoms with Crippen LogP contribution in [0.5, 0.6) is 0 Å². The third kappa shape index (κ3) is 12.2. The molecule has 1 saturated carbocycles. The van der Waals surface area contributed by atoms with Crippen LogP contribution in [-0.4, -0.2) is 50.1 Å². The molecule has 1 aliphatic rings. The second-order valence-electron chi connectivity index (χ2n) is 8.58. The van der Waals surface area contributed by atoms with Gasteiger partial charge < -0.3 is 25.4 Å². The lowest BCUT2D eigenvalue weighted by Crippen LogP contribution is -2.47. The van der Waals surface area contributed by atoms with Crippen LogP contribution in [0.3, 0.4) is 0 Å². The van der Waals surface area contributed by atoms with E-state index in [2.05, 4.69) is 20.7 Å². The lowest BCUT2D eigenvalue weighted by molar-refractivity contribution is -0.140. The van der Waals surface area contributed by atoms with Gasteiger partial charge in [-0.05, 0) is 50.0 Å². The predicted octanol–water partition coefficient (Wildman–Crippen LogP) is 2.83. The molecule has 1 aliphatic carbocycles. The van der Waals surface area contributed by atoms with Crippen molar-refractivity contribution in [1.29, 1.82) is 0 Å². The van der Waals surface area contributed by atoms with Crippen LogP contribution in [0.2, 0.25) is 0 Å². The highest BCUT2D eigenvalue weighted by atomic mass is 16.5. The van der Waals surface area contributed by atoms with Gasteiger partial charge in [0.15, 0.2) is 0 Å². The van der Waals surface area contributed by atoms with Crippen LogP contribution >= 0.6 is 0 Å². The Hall–Kier alpha value is -3.10. The maximum atomic E-state index is 12.6. The summed E-state index contributed by atoms with van der Waals surface area (Å²) < 4.78 is 9.78. The number of esters is 1. The first-order valence-corrected chi connectivity index (χ1v) is 12.1. The SMILES string of the molecule is COC(=O)CCCCCNC(=O)[C@H](CCCNC(=O)OCc1ccccc1)NC(=O)CC1CC1. The van der Waals surface area contributed by atoms with Crippen molar-refractivity contribution in [1.82, 2.24) is 16.0 Å². The van der Waals surface area contributed by atoms with Gasteiger partial charge in [0.05, 0.1) is 7.11 Å². The molecule has 0 radical (unpaired) electrons. The normalized spacial score (nSPS) is 13.4. The molecule has 0 aromatic heterocycles.